The first kappa shape index (κ1) is 11.0. The van der Waals surface area contributed by atoms with Gasteiger partial charge in [-0.25, -0.2) is 4.98 Å². The predicted octanol–water partition coefficient (Wildman–Crippen LogP) is 1.07. The fourth-order valence-electron chi connectivity index (χ4n) is 1.75. The predicted molar refractivity (Wildman–Crippen MR) is 70.0 cm³/mol. The highest BCUT2D eigenvalue weighted by molar-refractivity contribution is 14.1. The van der Waals surface area contributed by atoms with Crippen molar-refractivity contribution in [2.45, 2.75) is 6.04 Å². The van der Waals surface area contributed by atoms with Gasteiger partial charge in [0.2, 0.25) is 0 Å². The Morgan fingerprint density at radius 2 is 2.41 bits per heavy atom. The molecule has 1 aliphatic rings. The molecule has 1 aliphatic heterocycles. The Kier molecular flexibility index (Phi) is 2.75. The maximum atomic E-state index is 12.1. The van der Waals surface area contributed by atoms with Gasteiger partial charge >= 0.3 is 0 Å². The van der Waals surface area contributed by atoms with Crippen molar-refractivity contribution < 1.29 is 9.53 Å². The van der Waals surface area contributed by atoms with E-state index in [0.717, 1.165) is 3.57 Å². The van der Waals surface area contributed by atoms with Crippen LogP contribution < -0.4 is 5.32 Å². The van der Waals surface area contributed by atoms with Crippen molar-refractivity contribution in [3.63, 3.8) is 0 Å². The Bertz CT molecular complexity index is 577. The standard InChI is InChI=1S/C11H10IN3O2/c12-7-3-9(10-13-1-2-15(10)4-7)11(16)14-8-5-17-6-8/h1-4,8H,5-6H2,(H,14,16). The number of hydrogen-bond donors (Lipinski definition) is 1. The van der Waals surface area contributed by atoms with Crippen LogP contribution in [0.1, 0.15) is 10.4 Å². The van der Waals surface area contributed by atoms with Crippen molar-refractivity contribution in [2.24, 2.45) is 0 Å². The van der Waals surface area contributed by atoms with E-state index in [9.17, 15) is 4.79 Å². The lowest BCUT2D eigenvalue weighted by atomic mass is 10.2. The van der Waals surface area contributed by atoms with Gasteiger partial charge in [-0.3, -0.25) is 4.79 Å². The average molecular weight is 343 g/mol. The molecule has 88 valence electrons. The van der Waals surface area contributed by atoms with Gasteiger partial charge in [0, 0.05) is 22.2 Å². The van der Waals surface area contributed by atoms with Crippen molar-refractivity contribution in [2.75, 3.05) is 13.2 Å². The first-order valence-corrected chi connectivity index (χ1v) is 6.33. The van der Waals surface area contributed by atoms with Gasteiger partial charge in [-0.2, -0.15) is 0 Å². The van der Waals surface area contributed by atoms with Crippen molar-refractivity contribution in [3.05, 3.63) is 33.8 Å². The van der Waals surface area contributed by atoms with E-state index < -0.39 is 0 Å². The van der Waals surface area contributed by atoms with Crippen molar-refractivity contribution in [1.82, 2.24) is 14.7 Å². The van der Waals surface area contributed by atoms with E-state index in [0.29, 0.717) is 24.4 Å². The summed E-state index contributed by atoms with van der Waals surface area (Å²) < 4.78 is 7.89. The zero-order valence-corrected chi connectivity index (χ0v) is 11.0. The molecule has 0 aliphatic carbocycles. The number of fused-ring (bicyclic) bond motifs is 1. The number of amides is 1. The van der Waals surface area contributed by atoms with E-state index in [1.54, 1.807) is 6.20 Å². The highest BCUT2D eigenvalue weighted by Gasteiger charge is 2.22. The molecule has 0 atom stereocenters. The molecule has 0 aromatic carbocycles. The topological polar surface area (TPSA) is 55.6 Å². The molecule has 2 aromatic heterocycles. The third kappa shape index (κ3) is 2.02. The molecule has 0 unspecified atom stereocenters. The summed E-state index contributed by atoms with van der Waals surface area (Å²) >= 11 is 2.19. The summed E-state index contributed by atoms with van der Waals surface area (Å²) in [7, 11) is 0. The Labute approximate surface area is 111 Å². The smallest absolute Gasteiger partial charge is 0.255 e. The second-order valence-electron chi connectivity index (χ2n) is 3.94. The number of carbonyl (C=O) groups excluding carboxylic acids is 1. The molecule has 0 saturated carbocycles. The summed E-state index contributed by atoms with van der Waals surface area (Å²) in [6.07, 6.45) is 5.46. The Balaban J connectivity index is 1.97. The minimum absolute atomic E-state index is 0.0898. The van der Waals surface area contributed by atoms with Crippen LogP contribution in [-0.2, 0) is 4.74 Å². The number of rotatable bonds is 2. The third-order valence-corrected chi connectivity index (χ3v) is 3.26. The summed E-state index contributed by atoms with van der Waals surface area (Å²) in [6.45, 7) is 1.20. The van der Waals surface area contributed by atoms with E-state index in [1.165, 1.54) is 0 Å². The van der Waals surface area contributed by atoms with Gasteiger partial charge < -0.3 is 14.5 Å². The fraction of sp³-hybridized carbons (Fsp3) is 0.273. The Hall–Kier alpha value is -1.15. The number of nitrogens with zero attached hydrogens (tertiary/aromatic N) is 2. The van der Waals surface area contributed by atoms with E-state index in [-0.39, 0.29) is 11.9 Å². The van der Waals surface area contributed by atoms with Crippen molar-refractivity contribution in [1.29, 1.82) is 0 Å². The molecule has 0 radical (unpaired) electrons. The third-order valence-electron chi connectivity index (χ3n) is 2.67. The maximum absolute atomic E-state index is 12.1. The molecular weight excluding hydrogens is 333 g/mol. The van der Waals surface area contributed by atoms with Crippen molar-refractivity contribution in [3.8, 4) is 0 Å². The summed E-state index contributed by atoms with van der Waals surface area (Å²) in [5, 5.41) is 2.92. The zero-order chi connectivity index (χ0) is 11.8. The van der Waals surface area contributed by atoms with Gasteiger partial charge in [0.05, 0.1) is 24.8 Å². The lowest BCUT2D eigenvalue weighted by Crippen LogP contribution is -2.48. The number of carbonyl (C=O) groups is 1. The minimum atomic E-state index is -0.0898. The first-order chi connectivity index (χ1) is 8.24. The Morgan fingerprint density at radius 3 is 3.12 bits per heavy atom. The van der Waals surface area contributed by atoms with Crippen LogP contribution in [-0.4, -0.2) is 34.5 Å². The van der Waals surface area contributed by atoms with Crippen LogP contribution in [0.5, 0.6) is 0 Å². The van der Waals surface area contributed by atoms with E-state index in [4.69, 9.17) is 4.74 Å². The summed E-state index contributed by atoms with van der Waals surface area (Å²) in [6, 6.07) is 1.98. The van der Waals surface area contributed by atoms with E-state index in [1.807, 2.05) is 22.9 Å². The van der Waals surface area contributed by atoms with Gasteiger partial charge in [0.25, 0.3) is 5.91 Å². The number of nitrogens with one attached hydrogen (secondary N) is 1. The first-order valence-electron chi connectivity index (χ1n) is 5.25. The SMILES string of the molecule is O=C(NC1COC1)c1cc(I)cn2ccnc12. The number of pyridine rings is 1. The van der Waals surface area contributed by atoms with Gasteiger partial charge in [-0.1, -0.05) is 0 Å². The van der Waals surface area contributed by atoms with Gasteiger partial charge in [-0.15, -0.1) is 0 Å². The van der Waals surface area contributed by atoms with Crippen LogP contribution in [0.2, 0.25) is 0 Å². The normalized spacial score (nSPS) is 15.8. The van der Waals surface area contributed by atoms with Gasteiger partial charge in [0.1, 0.15) is 5.65 Å². The number of ether oxygens (including phenoxy) is 1. The van der Waals surface area contributed by atoms with Crippen LogP contribution in [0, 0.1) is 3.57 Å². The molecule has 0 spiro atoms. The molecule has 1 amide bonds. The molecule has 3 heterocycles. The molecule has 5 nitrogen and oxygen atoms in total. The lowest BCUT2D eigenvalue weighted by Gasteiger charge is -2.26. The van der Waals surface area contributed by atoms with Crippen LogP contribution in [0.3, 0.4) is 0 Å². The van der Waals surface area contributed by atoms with E-state index >= 15 is 0 Å². The summed E-state index contributed by atoms with van der Waals surface area (Å²) in [4.78, 5) is 16.3. The van der Waals surface area contributed by atoms with Crippen LogP contribution >= 0.6 is 22.6 Å². The molecule has 1 N–H and O–H groups in total. The number of imidazole rings is 1. The molecule has 17 heavy (non-hydrogen) atoms. The van der Waals surface area contributed by atoms with Crippen molar-refractivity contribution >= 4 is 34.1 Å². The van der Waals surface area contributed by atoms with E-state index in [2.05, 4.69) is 32.9 Å². The minimum Gasteiger partial charge on any atom is -0.377 e. The average Bonchev–Trinajstić information content (AvgIpc) is 2.69. The zero-order valence-electron chi connectivity index (χ0n) is 8.89. The largest absolute Gasteiger partial charge is 0.377 e. The number of aromatic nitrogens is 2. The van der Waals surface area contributed by atoms with Crippen LogP contribution in [0.4, 0.5) is 0 Å². The molecule has 2 aromatic rings. The lowest BCUT2D eigenvalue weighted by molar-refractivity contribution is -0.00344. The Morgan fingerprint density at radius 1 is 1.59 bits per heavy atom. The van der Waals surface area contributed by atoms with Gasteiger partial charge in [-0.05, 0) is 28.7 Å². The number of halogens is 1. The quantitative estimate of drug-likeness (QED) is 0.830. The summed E-state index contributed by atoms with van der Waals surface area (Å²) in [5.74, 6) is -0.0898. The number of hydrogen-bond acceptors (Lipinski definition) is 3. The molecule has 0 bridgehead atoms. The second-order valence-corrected chi connectivity index (χ2v) is 5.18. The van der Waals surface area contributed by atoms with Gasteiger partial charge in [0.15, 0.2) is 0 Å². The maximum Gasteiger partial charge on any atom is 0.255 e. The highest BCUT2D eigenvalue weighted by Crippen LogP contribution is 2.14. The highest BCUT2D eigenvalue weighted by atomic mass is 127. The van der Waals surface area contributed by atoms with Crippen LogP contribution in [0.15, 0.2) is 24.7 Å². The molecule has 3 rings (SSSR count). The second kappa shape index (κ2) is 4.26. The molecule has 1 fully saturated rings. The van der Waals surface area contributed by atoms with Crippen LogP contribution in [0.25, 0.3) is 5.65 Å². The molecular formula is C11H10IN3O2. The monoisotopic (exact) mass is 343 g/mol. The summed E-state index contributed by atoms with van der Waals surface area (Å²) in [5.41, 5.74) is 1.29. The molecule has 6 heteroatoms. The molecule has 1 saturated heterocycles. The fourth-order valence-corrected chi connectivity index (χ4v) is 2.36.